The van der Waals surface area contributed by atoms with Crippen LogP contribution >= 0.6 is 0 Å². The third-order valence-corrected chi connectivity index (χ3v) is 5.70. The Bertz CT molecular complexity index is 713. The van der Waals surface area contributed by atoms with Crippen molar-refractivity contribution in [2.24, 2.45) is 0 Å². The molecule has 25 heavy (non-hydrogen) atoms. The molecular formula is C16H22N2O6S. The maximum absolute atomic E-state index is 12.6. The molecule has 0 aliphatic carbocycles. The molecule has 1 heterocycles. The van der Waals surface area contributed by atoms with E-state index in [1.54, 1.807) is 0 Å². The van der Waals surface area contributed by atoms with Gasteiger partial charge in [-0.25, -0.2) is 13.2 Å². The van der Waals surface area contributed by atoms with Crippen LogP contribution in [-0.4, -0.2) is 62.6 Å². The van der Waals surface area contributed by atoms with E-state index < -0.39 is 28.5 Å². The van der Waals surface area contributed by atoms with Gasteiger partial charge >= 0.3 is 5.97 Å². The zero-order valence-corrected chi connectivity index (χ0v) is 14.6. The van der Waals surface area contributed by atoms with Gasteiger partial charge in [0.05, 0.1) is 11.5 Å². The Morgan fingerprint density at radius 1 is 1.20 bits per heavy atom. The van der Waals surface area contributed by atoms with E-state index in [1.807, 2.05) is 0 Å². The lowest BCUT2D eigenvalue weighted by atomic mass is 10.2. The van der Waals surface area contributed by atoms with E-state index in [0.717, 1.165) is 19.3 Å². The number of benzene rings is 1. The smallest absolute Gasteiger partial charge is 0.329 e. The lowest BCUT2D eigenvalue weighted by molar-refractivity contribution is -0.142. The van der Waals surface area contributed by atoms with Gasteiger partial charge in [-0.05, 0) is 31.0 Å². The quantitative estimate of drug-likeness (QED) is 0.651. The minimum absolute atomic E-state index is 0.0593. The van der Waals surface area contributed by atoms with Crippen molar-refractivity contribution in [2.45, 2.75) is 24.2 Å². The fourth-order valence-electron chi connectivity index (χ4n) is 2.55. The highest BCUT2D eigenvalue weighted by molar-refractivity contribution is 7.89. The number of carbonyl (C=O) groups excluding carboxylic acids is 1. The number of rotatable bonds is 8. The topological polar surface area (TPSA) is 113 Å². The molecular weight excluding hydrogens is 348 g/mol. The number of hydrogen-bond donors (Lipinski definition) is 2. The Balaban J connectivity index is 1.97. The Hall–Kier alpha value is -1.97. The molecule has 1 aliphatic heterocycles. The van der Waals surface area contributed by atoms with Gasteiger partial charge in [-0.15, -0.1) is 0 Å². The highest BCUT2D eigenvalue weighted by Crippen LogP contribution is 2.21. The summed E-state index contributed by atoms with van der Waals surface area (Å²) < 4.78 is 31.6. The van der Waals surface area contributed by atoms with Crippen molar-refractivity contribution >= 4 is 21.9 Å². The average molecular weight is 370 g/mol. The molecule has 9 heteroatoms. The summed E-state index contributed by atoms with van der Waals surface area (Å²) in [6.45, 7) is 0.762. The third kappa shape index (κ3) is 5.52. The van der Waals surface area contributed by atoms with Crippen LogP contribution in [0.25, 0.3) is 0 Å². The lowest BCUT2D eigenvalue weighted by Gasteiger charge is -2.26. The summed E-state index contributed by atoms with van der Waals surface area (Å²) in [5.41, 5.74) is 0.233. The van der Waals surface area contributed by atoms with Gasteiger partial charge in [-0.1, -0.05) is 12.5 Å². The first-order chi connectivity index (χ1) is 11.9. The normalized spacial score (nSPS) is 15.7. The van der Waals surface area contributed by atoms with Crippen molar-refractivity contribution in [3.8, 4) is 0 Å². The summed E-state index contributed by atoms with van der Waals surface area (Å²) in [5.74, 6) is -1.52. The molecule has 8 nitrogen and oxygen atoms in total. The molecule has 0 saturated carbocycles. The number of piperidine rings is 1. The molecule has 1 aromatic rings. The van der Waals surface area contributed by atoms with Gasteiger partial charge in [0.2, 0.25) is 10.0 Å². The Kier molecular flexibility index (Phi) is 6.91. The molecule has 0 radical (unpaired) electrons. The van der Waals surface area contributed by atoms with E-state index in [4.69, 9.17) is 9.84 Å². The largest absolute Gasteiger partial charge is 0.480 e. The van der Waals surface area contributed by atoms with E-state index in [1.165, 1.54) is 28.6 Å². The molecule has 0 spiro atoms. The van der Waals surface area contributed by atoms with Gasteiger partial charge < -0.3 is 15.2 Å². The van der Waals surface area contributed by atoms with Gasteiger partial charge in [0, 0.05) is 25.2 Å². The number of amides is 1. The summed E-state index contributed by atoms with van der Waals surface area (Å²) in [5, 5.41) is 11.0. The second-order valence-electron chi connectivity index (χ2n) is 5.69. The zero-order chi connectivity index (χ0) is 18.3. The molecule has 0 bridgehead atoms. The molecule has 1 aliphatic rings. The van der Waals surface area contributed by atoms with Gasteiger partial charge in [0.15, 0.2) is 0 Å². The number of nitrogens with zero attached hydrogens (tertiary/aromatic N) is 1. The van der Waals surface area contributed by atoms with Crippen LogP contribution in [0.2, 0.25) is 0 Å². The van der Waals surface area contributed by atoms with Crippen LogP contribution in [-0.2, 0) is 19.6 Å². The fourth-order valence-corrected chi connectivity index (χ4v) is 4.11. The van der Waals surface area contributed by atoms with Crippen molar-refractivity contribution in [3.05, 3.63) is 29.8 Å². The zero-order valence-electron chi connectivity index (χ0n) is 13.8. The fraction of sp³-hybridized carbons (Fsp3) is 0.500. The number of hydrogen-bond acceptors (Lipinski definition) is 5. The standard InChI is InChI=1S/C16H22N2O6S/c19-15(20)12-24-10-7-17-16(21)13-5-4-6-14(11-13)25(22,23)18-8-2-1-3-9-18/h4-6,11H,1-3,7-10,12H2,(H,17,21)(H,19,20). The number of ether oxygens (including phenoxy) is 1. The van der Waals surface area contributed by atoms with Crippen LogP contribution in [0, 0.1) is 0 Å². The van der Waals surface area contributed by atoms with Gasteiger partial charge in [0.1, 0.15) is 6.61 Å². The SMILES string of the molecule is O=C(O)COCCNC(=O)c1cccc(S(=O)(=O)N2CCCCC2)c1. The number of sulfonamides is 1. The molecule has 2 N–H and O–H groups in total. The van der Waals surface area contributed by atoms with Crippen molar-refractivity contribution in [1.29, 1.82) is 0 Å². The van der Waals surface area contributed by atoms with Crippen molar-refractivity contribution in [2.75, 3.05) is 32.8 Å². The maximum atomic E-state index is 12.6. The monoisotopic (exact) mass is 370 g/mol. The molecule has 138 valence electrons. The van der Waals surface area contributed by atoms with Crippen molar-refractivity contribution in [1.82, 2.24) is 9.62 Å². The molecule has 0 atom stereocenters. The second-order valence-corrected chi connectivity index (χ2v) is 7.63. The first-order valence-electron chi connectivity index (χ1n) is 8.09. The summed E-state index contributed by atoms with van der Waals surface area (Å²) in [7, 11) is -3.59. The highest BCUT2D eigenvalue weighted by atomic mass is 32.2. The number of carboxylic acids is 1. The van der Waals surface area contributed by atoms with Crippen LogP contribution in [0.5, 0.6) is 0 Å². The lowest BCUT2D eigenvalue weighted by Crippen LogP contribution is -2.35. The van der Waals surface area contributed by atoms with Gasteiger partial charge in [0.25, 0.3) is 5.91 Å². The summed E-state index contributed by atoms with van der Waals surface area (Å²) in [6.07, 6.45) is 2.71. The van der Waals surface area contributed by atoms with Crippen LogP contribution in [0.15, 0.2) is 29.2 Å². The van der Waals surface area contributed by atoms with Crippen LogP contribution in [0.4, 0.5) is 0 Å². The first-order valence-corrected chi connectivity index (χ1v) is 9.53. The van der Waals surface area contributed by atoms with Crippen LogP contribution < -0.4 is 5.32 Å². The van der Waals surface area contributed by atoms with Crippen molar-refractivity contribution in [3.63, 3.8) is 0 Å². The Morgan fingerprint density at radius 3 is 2.60 bits per heavy atom. The molecule has 1 saturated heterocycles. The minimum atomic E-state index is -3.59. The average Bonchev–Trinajstić information content (AvgIpc) is 2.62. The molecule has 1 fully saturated rings. The number of nitrogens with one attached hydrogen (secondary N) is 1. The van der Waals surface area contributed by atoms with Crippen molar-refractivity contribution < 1.29 is 27.9 Å². The predicted octanol–water partition coefficient (Wildman–Crippen LogP) is 0.692. The van der Waals surface area contributed by atoms with Gasteiger partial charge in [-0.2, -0.15) is 4.31 Å². The van der Waals surface area contributed by atoms with Crippen LogP contribution in [0.1, 0.15) is 29.6 Å². The number of carboxylic acid groups (broad SMARTS) is 1. The van der Waals surface area contributed by atoms with E-state index >= 15 is 0 Å². The molecule has 1 amide bonds. The Labute approximate surface area is 146 Å². The van der Waals surface area contributed by atoms with E-state index in [-0.39, 0.29) is 23.6 Å². The Morgan fingerprint density at radius 2 is 1.92 bits per heavy atom. The summed E-state index contributed by atoms with van der Waals surface area (Å²) in [4.78, 5) is 22.5. The van der Waals surface area contributed by atoms with Crippen LogP contribution in [0.3, 0.4) is 0 Å². The van der Waals surface area contributed by atoms with E-state index in [0.29, 0.717) is 13.1 Å². The summed E-state index contributed by atoms with van der Waals surface area (Å²) in [6, 6.07) is 5.91. The van der Waals surface area contributed by atoms with E-state index in [2.05, 4.69) is 5.32 Å². The molecule has 2 rings (SSSR count). The van der Waals surface area contributed by atoms with Gasteiger partial charge in [-0.3, -0.25) is 4.79 Å². The molecule has 0 unspecified atom stereocenters. The van der Waals surface area contributed by atoms with E-state index in [9.17, 15) is 18.0 Å². The first kappa shape index (κ1) is 19.4. The number of carbonyl (C=O) groups is 2. The second kappa shape index (κ2) is 8.93. The third-order valence-electron chi connectivity index (χ3n) is 3.81. The minimum Gasteiger partial charge on any atom is -0.480 e. The molecule has 0 aromatic heterocycles. The summed E-state index contributed by atoms with van der Waals surface area (Å²) >= 11 is 0. The molecule has 1 aromatic carbocycles. The number of aliphatic carboxylic acids is 1. The predicted molar refractivity (Wildman–Crippen MR) is 89.8 cm³/mol. The maximum Gasteiger partial charge on any atom is 0.329 e. The highest BCUT2D eigenvalue weighted by Gasteiger charge is 2.26.